The minimum atomic E-state index is 0.333. The van der Waals surface area contributed by atoms with Crippen LogP contribution in [0.15, 0.2) is 18.2 Å². The van der Waals surface area contributed by atoms with Crippen LogP contribution in [-0.4, -0.2) is 27.8 Å². The Hall–Kier alpha value is -1.62. The van der Waals surface area contributed by atoms with Gasteiger partial charge in [0.25, 0.3) is 0 Å². The van der Waals surface area contributed by atoms with E-state index in [1.807, 2.05) is 16.6 Å². The maximum atomic E-state index is 5.62. The Balaban J connectivity index is 2.07. The third-order valence-corrected chi connectivity index (χ3v) is 3.04. The van der Waals surface area contributed by atoms with E-state index in [0.717, 1.165) is 31.7 Å². The lowest BCUT2D eigenvalue weighted by molar-refractivity contribution is 0.0841. The Labute approximate surface area is 93.2 Å². The molecular weight excluding hydrogens is 204 g/mol. The van der Waals surface area contributed by atoms with Crippen molar-refractivity contribution < 1.29 is 4.74 Å². The van der Waals surface area contributed by atoms with Crippen LogP contribution >= 0.6 is 0 Å². The monoisotopic (exact) mass is 218 g/mol. The number of pyridine rings is 1. The Kier molecular flexibility index (Phi) is 2.25. The van der Waals surface area contributed by atoms with Crippen molar-refractivity contribution in [3.8, 4) is 0 Å². The van der Waals surface area contributed by atoms with E-state index in [9.17, 15) is 0 Å². The van der Waals surface area contributed by atoms with E-state index in [4.69, 9.17) is 10.5 Å². The fourth-order valence-electron chi connectivity index (χ4n) is 2.24. The summed E-state index contributed by atoms with van der Waals surface area (Å²) in [6, 6.07) is 6.03. The Morgan fingerprint density at radius 3 is 2.94 bits per heavy atom. The molecular formula is C11H14N4O. The second-order valence-corrected chi connectivity index (χ2v) is 4.08. The molecule has 5 nitrogen and oxygen atoms in total. The molecule has 84 valence electrons. The summed E-state index contributed by atoms with van der Waals surface area (Å²) < 4.78 is 7.22. The largest absolute Gasteiger partial charge is 0.381 e. The van der Waals surface area contributed by atoms with E-state index in [2.05, 4.69) is 16.1 Å². The molecule has 0 atom stereocenters. The summed E-state index contributed by atoms with van der Waals surface area (Å²) in [7, 11) is 0. The van der Waals surface area contributed by atoms with Gasteiger partial charge in [0, 0.05) is 24.8 Å². The molecule has 1 aliphatic rings. The van der Waals surface area contributed by atoms with Gasteiger partial charge in [-0.15, -0.1) is 5.10 Å². The van der Waals surface area contributed by atoms with Crippen molar-refractivity contribution in [3.63, 3.8) is 0 Å². The fraction of sp³-hybridized carbons (Fsp3) is 0.455. The quantitative estimate of drug-likeness (QED) is 0.781. The van der Waals surface area contributed by atoms with E-state index in [0.29, 0.717) is 11.9 Å². The van der Waals surface area contributed by atoms with Crippen LogP contribution in [0.4, 0.5) is 5.95 Å². The molecule has 2 aromatic heterocycles. The standard InChI is InChI=1S/C11H14N4O/c12-11-13-10-3-1-2-9(15(10)14-11)8-4-6-16-7-5-8/h1-3,8H,4-7H2,(H2,12,14). The van der Waals surface area contributed by atoms with Crippen molar-refractivity contribution in [1.29, 1.82) is 0 Å². The van der Waals surface area contributed by atoms with E-state index in [1.165, 1.54) is 5.69 Å². The number of nitrogens with two attached hydrogens (primary N) is 1. The molecule has 0 unspecified atom stereocenters. The van der Waals surface area contributed by atoms with Crippen molar-refractivity contribution in [3.05, 3.63) is 23.9 Å². The maximum Gasteiger partial charge on any atom is 0.240 e. The van der Waals surface area contributed by atoms with Crippen LogP contribution in [0.2, 0.25) is 0 Å². The van der Waals surface area contributed by atoms with E-state index in [1.54, 1.807) is 0 Å². The fourth-order valence-corrected chi connectivity index (χ4v) is 2.24. The molecule has 16 heavy (non-hydrogen) atoms. The number of hydrogen-bond donors (Lipinski definition) is 1. The number of fused-ring (bicyclic) bond motifs is 1. The van der Waals surface area contributed by atoms with Crippen LogP contribution in [-0.2, 0) is 4.74 Å². The number of rotatable bonds is 1. The van der Waals surface area contributed by atoms with Gasteiger partial charge in [-0.05, 0) is 25.0 Å². The van der Waals surface area contributed by atoms with Gasteiger partial charge >= 0.3 is 0 Å². The Morgan fingerprint density at radius 1 is 1.31 bits per heavy atom. The summed E-state index contributed by atoms with van der Waals surface area (Å²) in [5.74, 6) is 0.832. The zero-order valence-corrected chi connectivity index (χ0v) is 8.97. The topological polar surface area (TPSA) is 65.4 Å². The van der Waals surface area contributed by atoms with Crippen molar-refractivity contribution in [2.24, 2.45) is 0 Å². The average molecular weight is 218 g/mol. The number of ether oxygens (including phenoxy) is 1. The van der Waals surface area contributed by atoms with E-state index >= 15 is 0 Å². The van der Waals surface area contributed by atoms with Gasteiger partial charge in [0.1, 0.15) is 0 Å². The highest BCUT2D eigenvalue weighted by Gasteiger charge is 2.19. The molecule has 0 bridgehead atoms. The van der Waals surface area contributed by atoms with Gasteiger partial charge in [-0.25, -0.2) is 4.52 Å². The number of anilines is 1. The summed E-state index contributed by atoms with van der Waals surface area (Å²) in [6.07, 6.45) is 2.08. The molecule has 0 spiro atoms. The van der Waals surface area contributed by atoms with Gasteiger partial charge in [0.2, 0.25) is 5.95 Å². The lowest BCUT2D eigenvalue weighted by Gasteiger charge is -2.22. The van der Waals surface area contributed by atoms with Gasteiger partial charge < -0.3 is 10.5 Å². The smallest absolute Gasteiger partial charge is 0.240 e. The zero-order valence-electron chi connectivity index (χ0n) is 8.97. The van der Waals surface area contributed by atoms with Crippen LogP contribution in [0, 0.1) is 0 Å². The predicted molar refractivity (Wildman–Crippen MR) is 60.2 cm³/mol. The summed E-state index contributed by atoms with van der Waals surface area (Å²) in [5, 5.41) is 4.23. The minimum absolute atomic E-state index is 0.333. The second-order valence-electron chi connectivity index (χ2n) is 4.08. The second kappa shape index (κ2) is 3.75. The molecule has 0 aliphatic carbocycles. The highest BCUT2D eigenvalue weighted by molar-refractivity contribution is 5.43. The van der Waals surface area contributed by atoms with Crippen LogP contribution in [0.25, 0.3) is 5.65 Å². The molecule has 1 aliphatic heterocycles. The minimum Gasteiger partial charge on any atom is -0.381 e. The third-order valence-electron chi connectivity index (χ3n) is 3.04. The molecule has 0 amide bonds. The molecule has 0 aromatic carbocycles. The third kappa shape index (κ3) is 1.53. The van der Waals surface area contributed by atoms with Gasteiger partial charge in [0.15, 0.2) is 5.65 Å². The lowest BCUT2D eigenvalue weighted by atomic mass is 9.96. The van der Waals surface area contributed by atoms with Crippen LogP contribution < -0.4 is 5.73 Å². The Morgan fingerprint density at radius 2 is 2.12 bits per heavy atom. The van der Waals surface area contributed by atoms with Crippen molar-refractivity contribution >= 4 is 11.6 Å². The predicted octanol–water partition coefficient (Wildman–Crippen LogP) is 1.21. The maximum absolute atomic E-state index is 5.62. The number of hydrogen-bond acceptors (Lipinski definition) is 4. The molecule has 3 heterocycles. The van der Waals surface area contributed by atoms with Crippen molar-refractivity contribution in [2.45, 2.75) is 18.8 Å². The summed E-state index contributed by atoms with van der Waals surface area (Å²) >= 11 is 0. The van der Waals surface area contributed by atoms with Crippen LogP contribution in [0.5, 0.6) is 0 Å². The first-order chi connectivity index (χ1) is 7.84. The lowest BCUT2D eigenvalue weighted by Crippen LogP contribution is -2.16. The SMILES string of the molecule is Nc1nc2cccc(C3CCOCC3)n2n1. The molecule has 1 fully saturated rings. The van der Waals surface area contributed by atoms with Crippen LogP contribution in [0.1, 0.15) is 24.5 Å². The summed E-state index contributed by atoms with van der Waals surface area (Å²) in [6.45, 7) is 1.65. The number of nitrogens with zero attached hydrogens (tertiary/aromatic N) is 3. The van der Waals surface area contributed by atoms with Gasteiger partial charge in [-0.1, -0.05) is 6.07 Å². The van der Waals surface area contributed by atoms with E-state index < -0.39 is 0 Å². The summed E-state index contributed by atoms with van der Waals surface area (Å²) in [4.78, 5) is 4.17. The van der Waals surface area contributed by atoms with Crippen molar-refractivity contribution in [1.82, 2.24) is 14.6 Å². The highest BCUT2D eigenvalue weighted by atomic mass is 16.5. The van der Waals surface area contributed by atoms with Crippen molar-refractivity contribution in [2.75, 3.05) is 18.9 Å². The molecule has 0 radical (unpaired) electrons. The Bertz CT molecular complexity index is 502. The average Bonchev–Trinajstić information content (AvgIpc) is 2.70. The van der Waals surface area contributed by atoms with Gasteiger partial charge in [-0.3, -0.25) is 0 Å². The first kappa shape index (κ1) is 9.59. The number of aromatic nitrogens is 3. The molecule has 0 saturated carbocycles. The normalized spacial score (nSPS) is 18.0. The summed E-state index contributed by atoms with van der Waals surface area (Å²) in [5.41, 5.74) is 7.63. The first-order valence-corrected chi connectivity index (χ1v) is 5.53. The van der Waals surface area contributed by atoms with Gasteiger partial charge in [0.05, 0.1) is 0 Å². The molecule has 2 N–H and O–H groups in total. The van der Waals surface area contributed by atoms with E-state index in [-0.39, 0.29) is 0 Å². The molecule has 1 saturated heterocycles. The van der Waals surface area contributed by atoms with Gasteiger partial charge in [-0.2, -0.15) is 4.98 Å². The number of nitrogen functional groups attached to an aromatic ring is 1. The first-order valence-electron chi connectivity index (χ1n) is 5.53. The molecule has 2 aromatic rings. The molecule has 5 heteroatoms. The van der Waals surface area contributed by atoms with Crippen LogP contribution in [0.3, 0.4) is 0 Å². The molecule has 3 rings (SSSR count). The zero-order chi connectivity index (χ0) is 11.0. The highest BCUT2D eigenvalue weighted by Crippen LogP contribution is 2.26.